The molecule has 11 heteroatoms. The third-order valence-electron chi connectivity index (χ3n) is 2.06. The molecule has 0 saturated heterocycles. The smallest absolute Gasteiger partial charge is 0.422 e. The van der Waals surface area contributed by atoms with E-state index in [1.54, 1.807) is 4.72 Å². The molecule has 1 aromatic carbocycles. The van der Waals surface area contributed by atoms with Gasteiger partial charge >= 0.3 is 22.5 Å². The Morgan fingerprint density at radius 3 is 2.52 bits per heavy atom. The van der Waals surface area contributed by atoms with E-state index in [0.717, 1.165) is 0 Å². The van der Waals surface area contributed by atoms with Crippen LogP contribution < -0.4 is 9.44 Å². The number of anilines is 1. The molecule has 0 atom stereocenters. The van der Waals surface area contributed by atoms with Crippen molar-refractivity contribution in [2.24, 2.45) is 0 Å². The molecule has 0 saturated carbocycles. The van der Waals surface area contributed by atoms with Crippen molar-refractivity contribution in [1.29, 1.82) is 0 Å². The van der Waals surface area contributed by atoms with Crippen LogP contribution >= 0.6 is 0 Å². The maximum atomic E-state index is 12.5. The maximum Gasteiger partial charge on any atom is 0.422 e. The Kier molecular flexibility index (Phi) is 4.88. The Hall–Kier alpha value is -2.17. The number of phenolic OH excluding ortho intramolecular Hbond substituents is 1. The summed E-state index contributed by atoms with van der Waals surface area (Å²) in [4.78, 5) is 11.0. The van der Waals surface area contributed by atoms with Gasteiger partial charge in [-0.05, 0) is 25.1 Å². The fourth-order valence-electron chi connectivity index (χ4n) is 1.23. The predicted octanol–water partition coefficient (Wildman–Crippen LogP) is 1.81. The van der Waals surface area contributed by atoms with Gasteiger partial charge in [0.15, 0.2) is 0 Å². The molecule has 1 amide bonds. The molecule has 0 aliphatic rings. The second-order valence-electron chi connectivity index (χ2n) is 3.66. The van der Waals surface area contributed by atoms with Crippen molar-refractivity contribution >= 4 is 22.0 Å². The van der Waals surface area contributed by atoms with E-state index in [-0.39, 0.29) is 6.61 Å². The first kappa shape index (κ1) is 16.9. The predicted molar refractivity (Wildman–Crippen MR) is 65.8 cm³/mol. The Labute approximate surface area is 117 Å². The summed E-state index contributed by atoms with van der Waals surface area (Å²) in [6, 6.07) is 1.64. The summed E-state index contributed by atoms with van der Waals surface area (Å²) in [5.74, 6) is -0.739. The fourth-order valence-corrected chi connectivity index (χ4v) is 2.02. The molecule has 1 rings (SSSR count). The number of nitrogens with one attached hydrogen (secondary N) is 2. The van der Waals surface area contributed by atoms with Gasteiger partial charge in [-0.2, -0.15) is 21.6 Å². The van der Waals surface area contributed by atoms with E-state index in [1.807, 2.05) is 0 Å². The highest BCUT2D eigenvalue weighted by Gasteiger charge is 2.31. The van der Waals surface area contributed by atoms with Crippen molar-refractivity contribution in [2.75, 3.05) is 11.3 Å². The van der Waals surface area contributed by atoms with Gasteiger partial charge in [-0.3, -0.25) is 4.72 Å². The molecule has 1 aromatic rings. The van der Waals surface area contributed by atoms with Crippen LogP contribution in [0.5, 0.6) is 5.75 Å². The number of alkyl halides is 3. The van der Waals surface area contributed by atoms with Crippen molar-refractivity contribution in [3.63, 3.8) is 0 Å². The Balaban J connectivity index is 2.99. The second kappa shape index (κ2) is 6.08. The summed E-state index contributed by atoms with van der Waals surface area (Å²) in [6.45, 7) is 1.33. The molecule has 118 valence electrons. The molecular weight excluding hydrogens is 317 g/mol. The van der Waals surface area contributed by atoms with Crippen LogP contribution in [0.25, 0.3) is 0 Å². The third kappa shape index (κ3) is 5.02. The van der Waals surface area contributed by atoms with E-state index >= 15 is 0 Å². The van der Waals surface area contributed by atoms with Crippen molar-refractivity contribution in [3.8, 4) is 5.75 Å². The standard InChI is InChI=1S/C10H11F3N2O5S/c1-2-20-9(17)15-21(18,19)14-7-5-6(10(11,12)13)3-4-8(7)16/h3-5,14,16H,2H2,1H3,(H,15,17). The molecule has 3 N–H and O–H groups in total. The normalized spacial score (nSPS) is 11.8. The fraction of sp³-hybridized carbons (Fsp3) is 0.300. The molecule has 0 unspecified atom stereocenters. The molecule has 0 heterocycles. The zero-order valence-corrected chi connectivity index (χ0v) is 11.4. The number of carbonyl (C=O) groups is 1. The highest BCUT2D eigenvalue weighted by molar-refractivity contribution is 7.91. The van der Waals surface area contributed by atoms with Gasteiger partial charge in [0.1, 0.15) is 5.75 Å². The van der Waals surface area contributed by atoms with Gasteiger partial charge < -0.3 is 9.84 Å². The summed E-state index contributed by atoms with van der Waals surface area (Å²) in [5.41, 5.74) is -1.91. The van der Waals surface area contributed by atoms with Gasteiger partial charge in [0.05, 0.1) is 17.9 Å². The number of rotatable bonds is 4. The number of hydrogen-bond donors (Lipinski definition) is 3. The minimum absolute atomic E-state index is 0.101. The lowest BCUT2D eigenvalue weighted by Gasteiger charge is -2.13. The minimum Gasteiger partial charge on any atom is -0.506 e. The summed E-state index contributed by atoms with van der Waals surface area (Å²) in [6.07, 6.45) is -6.03. The first-order chi connectivity index (χ1) is 9.55. The SMILES string of the molecule is CCOC(=O)NS(=O)(=O)Nc1cc(C(F)(F)F)ccc1O. The largest absolute Gasteiger partial charge is 0.506 e. The lowest BCUT2D eigenvalue weighted by molar-refractivity contribution is -0.137. The van der Waals surface area contributed by atoms with Crippen molar-refractivity contribution in [2.45, 2.75) is 13.1 Å². The van der Waals surface area contributed by atoms with Gasteiger partial charge in [-0.25, -0.2) is 9.52 Å². The van der Waals surface area contributed by atoms with E-state index in [1.165, 1.54) is 11.6 Å². The number of aromatic hydroxyl groups is 1. The van der Waals surface area contributed by atoms with Gasteiger partial charge in [0, 0.05) is 0 Å². The number of carbonyl (C=O) groups excluding carboxylic acids is 1. The van der Waals surface area contributed by atoms with Crippen LogP contribution in [-0.4, -0.2) is 26.2 Å². The first-order valence-corrected chi connectivity index (χ1v) is 6.91. The number of phenols is 1. The summed E-state index contributed by atoms with van der Waals surface area (Å²) >= 11 is 0. The first-order valence-electron chi connectivity index (χ1n) is 5.42. The highest BCUT2D eigenvalue weighted by Crippen LogP contribution is 2.34. The Bertz CT molecular complexity index is 630. The van der Waals surface area contributed by atoms with Crippen LogP contribution in [0.1, 0.15) is 12.5 Å². The van der Waals surface area contributed by atoms with Crippen LogP contribution in [0.2, 0.25) is 0 Å². The zero-order chi connectivity index (χ0) is 16.3. The summed E-state index contributed by atoms with van der Waals surface area (Å²) in [5, 5.41) is 9.36. The number of hydrogen-bond acceptors (Lipinski definition) is 5. The van der Waals surface area contributed by atoms with Crippen molar-refractivity contribution < 1.29 is 36.2 Å². The number of amides is 1. The van der Waals surface area contributed by atoms with E-state index < -0.39 is 39.5 Å². The monoisotopic (exact) mass is 328 g/mol. The molecule has 21 heavy (non-hydrogen) atoms. The number of benzene rings is 1. The molecule has 0 bridgehead atoms. The van der Waals surface area contributed by atoms with E-state index in [2.05, 4.69) is 4.74 Å². The number of ether oxygens (including phenoxy) is 1. The van der Waals surface area contributed by atoms with Crippen LogP contribution in [0.15, 0.2) is 18.2 Å². The molecular formula is C10H11F3N2O5S. The van der Waals surface area contributed by atoms with Gasteiger partial charge in [0.2, 0.25) is 0 Å². The van der Waals surface area contributed by atoms with Crippen molar-refractivity contribution in [3.05, 3.63) is 23.8 Å². The molecule has 0 aromatic heterocycles. The van der Waals surface area contributed by atoms with Crippen molar-refractivity contribution in [1.82, 2.24) is 4.72 Å². The number of halogens is 3. The average molecular weight is 328 g/mol. The van der Waals surface area contributed by atoms with Gasteiger partial charge in [0.25, 0.3) is 0 Å². The van der Waals surface area contributed by atoms with Crippen LogP contribution in [0.4, 0.5) is 23.7 Å². The Morgan fingerprint density at radius 2 is 2.00 bits per heavy atom. The van der Waals surface area contributed by atoms with E-state index in [4.69, 9.17) is 0 Å². The maximum absolute atomic E-state index is 12.5. The molecule has 0 aliphatic carbocycles. The quantitative estimate of drug-likeness (QED) is 0.731. The topological polar surface area (TPSA) is 105 Å². The molecule has 7 nitrogen and oxygen atoms in total. The zero-order valence-electron chi connectivity index (χ0n) is 10.6. The Morgan fingerprint density at radius 1 is 1.38 bits per heavy atom. The van der Waals surface area contributed by atoms with E-state index in [9.17, 15) is 31.5 Å². The minimum atomic E-state index is -4.72. The highest BCUT2D eigenvalue weighted by atomic mass is 32.2. The second-order valence-corrected chi connectivity index (χ2v) is 5.07. The van der Waals surface area contributed by atoms with Crippen LogP contribution in [0, 0.1) is 0 Å². The molecule has 0 radical (unpaired) electrons. The van der Waals surface area contributed by atoms with E-state index in [0.29, 0.717) is 18.2 Å². The summed E-state index contributed by atoms with van der Waals surface area (Å²) in [7, 11) is -4.54. The lowest BCUT2D eigenvalue weighted by atomic mass is 10.2. The third-order valence-corrected chi connectivity index (χ3v) is 2.99. The molecule has 0 aliphatic heterocycles. The molecule has 0 fully saturated rings. The van der Waals surface area contributed by atoms with Crippen LogP contribution in [0.3, 0.4) is 0 Å². The van der Waals surface area contributed by atoms with Gasteiger partial charge in [-0.15, -0.1) is 0 Å². The molecule has 0 spiro atoms. The average Bonchev–Trinajstić information content (AvgIpc) is 2.29. The lowest BCUT2D eigenvalue weighted by Crippen LogP contribution is -2.35. The van der Waals surface area contributed by atoms with Crippen LogP contribution in [-0.2, 0) is 21.1 Å². The summed E-state index contributed by atoms with van der Waals surface area (Å²) < 4.78 is 67.8. The van der Waals surface area contributed by atoms with Gasteiger partial charge in [-0.1, -0.05) is 0 Å².